The Morgan fingerprint density at radius 2 is 1.78 bits per heavy atom. The van der Waals surface area contributed by atoms with Crippen LogP contribution in [0.25, 0.3) is 0 Å². The van der Waals surface area contributed by atoms with Crippen LogP contribution in [-0.4, -0.2) is 64.9 Å². The molecular weight excluding hydrogens is 412 g/mol. The lowest BCUT2D eigenvalue weighted by atomic mass is 9.80. The standard InChI is InChI=1S/C23H30N4O5/c1-23(22(31)32)8-12-27(13-9-23)21(30)15-6-10-26(11-7-15)16-2-4-18(24-14-16)17-3-5-19(28)25-20(17)29/h2,4,14-15,17H,3,5-13H2,1H3,(H,31,32)(H,25,28,29). The minimum absolute atomic E-state index is 0.0314. The summed E-state index contributed by atoms with van der Waals surface area (Å²) in [6, 6.07) is 3.80. The van der Waals surface area contributed by atoms with Gasteiger partial charge in [-0.3, -0.25) is 29.5 Å². The molecule has 0 bridgehead atoms. The zero-order valence-corrected chi connectivity index (χ0v) is 18.4. The summed E-state index contributed by atoms with van der Waals surface area (Å²) in [5.74, 6) is -1.59. The van der Waals surface area contributed by atoms with Gasteiger partial charge in [0.25, 0.3) is 0 Å². The van der Waals surface area contributed by atoms with Crippen molar-refractivity contribution in [3.8, 4) is 0 Å². The van der Waals surface area contributed by atoms with E-state index in [1.807, 2.05) is 17.0 Å². The molecule has 0 radical (unpaired) electrons. The Morgan fingerprint density at radius 3 is 2.34 bits per heavy atom. The number of amides is 3. The first kappa shape index (κ1) is 22.2. The lowest BCUT2D eigenvalue weighted by Gasteiger charge is -2.40. The first-order valence-corrected chi connectivity index (χ1v) is 11.3. The topological polar surface area (TPSA) is 120 Å². The first-order valence-electron chi connectivity index (χ1n) is 11.3. The van der Waals surface area contributed by atoms with Crippen LogP contribution in [0.4, 0.5) is 5.69 Å². The first-order chi connectivity index (χ1) is 15.3. The molecule has 1 unspecified atom stereocenters. The molecule has 3 aliphatic heterocycles. The van der Waals surface area contributed by atoms with Crippen LogP contribution in [0.5, 0.6) is 0 Å². The number of carbonyl (C=O) groups is 4. The summed E-state index contributed by atoms with van der Waals surface area (Å²) in [7, 11) is 0. The van der Waals surface area contributed by atoms with Gasteiger partial charge in [0.2, 0.25) is 17.7 Å². The molecule has 2 N–H and O–H groups in total. The number of nitrogens with one attached hydrogen (secondary N) is 1. The van der Waals surface area contributed by atoms with Crippen LogP contribution >= 0.6 is 0 Å². The fourth-order valence-electron chi connectivity index (χ4n) is 4.84. The van der Waals surface area contributed by atoms with E-state index in [2.05, 4.69) is 15.2 Å². The van der Waals surface area contributed by atoms with Gasteiger partial charge in [0, 0.05) is 38.5 Å². The molecule has 0 aliphatic carbocycles. The van der Waals surface area contributed by atoms with E-state index in [9.17, 15) is 24.3 Å². The van der Waals surface area contributed by atoms with Gasteiger partial charge in [-0.2, -0.15) is 0 Å². The van der Waals surface area contributed by atoms with E-state index >= 15 is 0 Å². The van der Waals surface area contributed by atoms with Crippen LogP contribution in [0.15, 0.2) is 18.3 Å². The van der Waals surface area contributed by atoms with Gasteiger partial charge in [-0.25, -0.2) is 0 Å². The van der Waals surface area contributed by atoms with Crippen LogP contribution in [0.2, 0.25) is 0 Å². The van der Waals surface area contributed by atoms with E-state index in [1.54, 1.807) is 13.1 Å². The normalized spacial score (nSPS) is 24.2. The molecule has 9 nitrogen and oxygen atoms in total. The molecule has 3 fully saturated rings. The molecule has 3 saturated heterocycles. The number of carboxylic acids is 1. The quantitative estimate of drug-likeness (QED) is 0.679. The van der Waals surface area contributed by atoms with Crippen molar-refractivity contribution in [1.29, 1.82) is 0 Å². The summed E-state index contributed by atoms with van der Waals surface area (Å²) in [5, 5.41) is 11.7. The molecule has 0 aromatic carbocycles. The molecule has 1 aromatic heterocycles. The highest BCUT2D eigenvalue weighted by atomic mass is 16.4. The van der Waals surface area contributed by atoms with Crippen molar-refractivity contribution in [2.45, 2.75) is 51.4 Å². The van der Waals surface area contributed by atoms with E-state index in [-0.39, 0.29) is 23.6 Å². The van der Waals surface area contributed by atoms with Crippen LogP contribution in [0.3, 0.4) is 0 Å². The largest absolute Gasteiger partial charge is 0.481 e. The van der Waals surface area contributed by atoms with Gasteiger partial charge in [0.15, 0.2) is 0 Å². The third-order valence-corrected chi connectivity index (χ3v) is 7.27. The van der Waals surface area contributed by atoms with E-state index in [4.69, 9.17) is 0 Å². The molecule has 1 aromatic rings. The van der Waals surface area contributed by atoms with Gasteiger partial charge in [0.1, 0.15) is 0 Å². The predicted molar refractivity (Wildman–Crippen MR) is 116 cm³/mol. The summed E-state index contributed by atoms with van der Waals surface area (Å²) >= 11 is 0. The van der Waals surface area contributed by atoms with Crippen LogP contribution in [0, 0.1) is 11.3 Å². The predicted octanol–water partition coefficient (Wildman–Crippen LogP) is 1.53. The summed E-state index contributed by atoms with van der Waals surface area (Å²) in [6.07, 6.45) is 5.07. The van der Waals surface area contributed by atoms with E-state index < -0.39 is 17.3 Å². The van der Waals surface area contributed by atoms with Crippen molar-refractivity contribution in [1.82, 2.24) is 15.2 Å². The molecule has 32 heavy (non-hydrogen) atoms. The smallest absolute Gasteiger partial charge is 0.309 e. The number of hydrogen-bond acceptors (Lipinski definition) is 6. The summed E-state index contributed by atoms with van der Waals surface area (Å²) in [6.45, 7) is 4.27. The number of piperidine rings is 3. The Labute approximate surface area is 187 Å². The van der Waals surface area contributed by atoms with Gasteiger partial charge >= 0.3 is 5.97 Å². The third-order valence-electron chi connectivity index (χ3n) is 7.27. The van der Waals surface area contributed by atoms with Gasteiger partial charge in [-0.15, -0.1) is 0 Å². The van der Waals surface area contributed by atoms with Gasteiger partial charge in [0.05, 0.1) is 28.9 Å². The van der Waals surface area contributed by atoms with E-state index in [0.29, 0.717) is 44.5 Å². The van der Waals surface area contributed by atoms with Crippen molar-refractivity contribution < 1.29 is 24.3 Å². The molecule has 0 spiro atoms. The van der Waals surface area contributed by atoms with Gasteiger partial charge in [-0.1, -0.05) is 0 Å². The van der Waals surface area contributed by atoms with Crippen molar-refractivity contribution in [2.24, 2.45) is 11.3 Å². The number of pyridine rings is 1. The summed E-state index contributed by atoms with van der Waals surface area (Å²) < 4.78 is 0. The number of anilines is 1. The SMILES string of the molecule is CC1(C(=O)O)CCN(C(=O)C2CCN(c3ccc(C4CCC(=O)NC4=O)nc3)CC2)CC1. The highest BCUT2D eigenvalue weighted by Gasteiger charge is 2.39. The van der Waals surface area contributed by atoms with Crippen LogP contribution < -0.4 is 10.2 Å². The molecule has 4 heterocycles. The summed E-state index contributed by atoms with van der Waals surface area (Å²) in [4.78, 5) is 56.2. The average molecular weight is 443 g/mol. The Balaban J connectivity index is 1.29. The second-order valence-corrected chi connectivity index (χ2v) is 9.40. The lowest BCUT2D eigenvalue weighted by molar-refractivity contribution is -0.154. The molecule has 3 amide bonds. The highest BCUT2D eigenvalue weighted by Crippen LogP contribution is 2.33. The Hall–Kier alpha value is -2.97. The zero-order valence-electron chi connectivity index (χ0n) is 18.4. The van der Waals surface area contributed by atoms with Gasteiger partial charge < -0.3 is 14.9 Å². The zero-order chi connectivity index (χ0) is 22.9. The number of rotatable bonds is 4. The monoisotopic (exact) mass is 442 g/mol. The number of carbonyl (C=O) groups excluding carboxylic acids is 3. The maximum atomic E-state index is 12.9. The second-order valence-electron chi connectivity index (χ2n) is 9.40. The fourth-order valence-corrected chi connectivity index (χ4v) is 4.84. The number of nitrogens with zero attached hydrogens (tertiary/aromatic N) is 3. The number of aromatic nitrogens is 1. The van der Waals surface area contributed by atoms with Crippen LogP contribution in [0.1, 0.15) is 57.1 Å². The Bertz CT molecular complexity index is 899. The molecular formula is C23H30N4O5. The van der Waals surface area contributed by atoms with E-state index in [0.717, 1.165) is 31.6 Å². The maximum Gasteiger partial charge on any atom is 0.309 e. The lowest BCUT2D eigenvalue weighted by Crippen LogP contribution is -2.48. The van der Waals surface area contributed by atoms with Crippen LogP contribution in [-0.2, 0) is 19.2 Å². The molecule has 1 atom stereocenters. The molecule has 172 valence electrons. The number of aliphatic carboxylic acids is 1. The minimum atomic E-state index is -0.782. The van der Waals surface area contributed by atoms with Crippen molar-refractivity contribution in [2.75, 3.05) is 31.1 Å². The molecule has 4 rings (SSSR count). The average Bonchev–Trinajstić information content (AvgIpc) is 2.79. The third kappa shape index (κ3) is 4.47. The number of imide groups is 1. The van der Waals surface area contributed by atoms with Crippen molar-refractivity contribution >= 4 is 29.4 Å². The number of carboxylic acid groups (broad SMARTS) is 1. The second kappa shape index (κ2) is 8.88. The fraction of sp³-hybridized carbons (Fsp3) is 0.609. The van der Waals surface area contributed by atoms with E-state index in [1.165, 1.54) is 0 Å². The van der Waals surface area contributed by atoms with Gasteiger partial charge in [-0.05, 0) is 51.2 Å². The van der Waals surface area contributed by atoms with Crippen molar-refractivity contribution in [3.63, 3.8) is 0 Å². The maximum absolute atomic E-state index is 12.9. The molecule has 9 heteroatoms. The molecule has 3 aliphatic rings. The Kier molecular flexibility index (Phi) is 6.17. The van der Waals surface area contributed by atoms with Crippen molar-refractivity contribution in [3.05, 3.63) is 24.0 Å². The number of likely N-dealkylation sites (tertiary alicyclic amines) is 1. The minimum Gasteiger partial charge on any atom is -0.481 e. The summed E-state index contributed by atoms with van der Waals surface area (Å²) in [5.41, 5.74) is 0.900. The number of hydrogen-bond donors (Lipinski definition) is 2. The highest BCUT2D eigenvalue weighted by molar-refractivity contribution is 6.00. The molecule has 0 saturated carbocycles. The Morgan fingerprint density at radius 1 is 1.09 bits per heavy atom.